The summed E-state index contributed by atoms with van der Waals surface area (Å²) in [5.74, 6) is 5.28. The van der Waals surface area contributed by atoms with Crippen LogP contribution >= 0.6 is 0 Å². The van der Waals surface area contributed by atoms with Gasteiger partial charge in [-0.2, -0.15) is 0 Å². The molecule has 0 unspecified atom stereocenters. The van der Waals surface area contributed by atoms with Gasteiger partial charge in [-0.05, 0) is 13.8 Å². The lowest BCUT2D eigenvalue weighted by atomic mass is 10.4. The van der Waals surface area contributed by atoms with Gasteiger partial charge in [-0.3, -0.25) is 0 Å². The van der Waals surface area contributed by atoms with Gasteiger partial charge in [0.1, 0.15) is 6.42 Å². The minimum Gasteiger partial charge on any atom is -0.367 e. The summed E-state index contributed by atoms with van der Waals surface area (Å²) in [5, 5.41) is 1.61. The van der Waals surface area contributed by atoms with Gasteiger partial charge in [0.05, 0.1) is 0 Å². The summed E-state index contributed by atoms with van der Waals surface area (Å²) >= 11 is 0. The van der Waals surface area contributed by atoms with Gasteiger partial charge >= 0.3 is 5.97 Å². The molecule has 0 aromatic rings. The van der Waals surface area contributed by atoms with Crippen LogP contribution in [0.1, 0.15) is 33.6 Å². The van der Waals surface area contributed by atoms with Crippen molar-refractivity contribution in [3.05, 3.63) is 0 Å². The van der Waals surface area contributed by atoms with Gasteiger partial charge in [0.2, 0.25) is 0 Å². The number of hydrogen-bond donors (Lipinski definition) is 0. The van der Waals surface area contributed by atoms with E-state index in [0.717, 1.165) is 6.42 Å². The fraction of sp³-hybridized carbons (Fsp3) is 0.700. The molecule has 0 aromatic carbocycles. The number of carbonyl (C=O) groups excluding carboxylic acids is 1. The quantitative estimate of drug-likeness (QED) is 0.489. The summed E-state index contributed by atoms with van der Waals surface area (Å²) in [4.78, 5) is 16.1. The highest BCUT2D eigenvalue weighted by Gasteiger charge is 2.05. The molecular formula is C10H17NO2. The molecule has 0 aromatic heterocycles. The molecular weight excluding hydrogens is 166 g/mol. The van der Waals surface area contributed by atoms with Crippen LogP contribution in [0, 0.1) is 11.8 Å². The average Bonchev–Trinajstić information content (AvgIpc) is 2.14. The van der Waals surface area contributed by atoms with E-state index >= 15 is 0 Å². The molecule has 0 radical (unpaired) electrons. The summed E-state index contributed by atoms with van der Waals surface area (Å²) < 4.78 is 0. The first kappa shape index (κ1) is 12.0. The molecule has 0 rings (SSSR count). The first-order valence-corrected chi connectivity index (χ1v) is 4.66. The second-order valence-corrected chi connectivity index (χ2v) is 2.46. The molecule has 0 aliphatic heterocycles. The molecule has 0 amide bonds. The van der Waals surface area contributed by atoms with Crippen LogP contribution in [0.4, 0.5) is 0 Å². The lowest BCUT2D eigenvalue weighted by molar-refractivity contribution is -0.187. The van der Waals surface area contributed by atoms with Crippen molar-refractivity contribution in [3.63, 3.8) is 0 Å². The predicted molar refractivity (Wildman–Crippen MR) is 51.7 cm³/mol. The molecule has 0 heterocycles. The predicted octanol–water partition coefficient (Wildman–Crippen LogP) is 1.59. The van der Waals surface area contributed by atoms with Crippen LogP contribution in [0.5, 0.6) is 0 Å². The lowest BCUT2D eigenvalue weighted by Crippen LogP contribution is -2.26. The fourth-order valence-electron chi connectivity index (χ4n) is 0.789. The largest absolute Gasteiger partial charge is 0.367 e. The standard InChI is InChI=1S/C10H17NO2/c1-4-7-8-9-10(12)13-11(5-2)6-3/h4-6,9H2,1-3H3. The molecule has 74 valence electrons. The lowest BCUT2D eigenvalue weighted by Gasteiger charge is -2.15. The van der Waals surface area contributed by atoms with Crippen molar-refractivity contribution < 1.29 is 9.63 Å². The van der Waals surface area contributed by atoms with Crippen molar-refractivity contribution in [1.29, 1.82) is 0 Å². The third-order valence-electron chi connectivity index (χ3n) is 1.47. The molecule has 0 saturated heterocycles. The van der Waals surface area contributed by atoms with E-state index in [2.05, 4.69) is 11.8 Å². The average molecular weight is 183 g/mol. The summed E-state index contributed by atoms with van der Waals surface area (Å²) in [6, 6.07) is 0. The van der Waals surface area contributed by atoms with Crippen LogP contribution in [0.3, 0.4) is 0 Å². The second-order valence-electron chi connectivity index (χ2n) is 2.46. The Hall–Kier alpha value is -1.01. The maximum atomic E-state index is 11.1. The van der Waals surface area contributed by atoms with Gasteiger partial charge in [0.25, 0.3) is 0 Å². The van der Waals surface area contributed by atoms with E-state index in [9.17, 15) is 4.79 Å². The Kier molecular flexibility index (Phi) is 7.04. The third kappa shape index (κ3) is 6.18. The van der Waals surface area contributed by atoms with Crippen molar-refractivity contribution in [1.82, 2.24) is 5.06 Å². The number of hydroxylamine groups is 2. The normalized spacial score (nSPS) is 9.23. The highest BCUT2D eigenvalue weighted by atomic mass is 16.7. The molecule has 0 aliphatic rings. The van der Waals surface area contributed by atoms with Gasteiger partial charge in [-0.1, -0.05) is 12.8 Å². The highest BCUT2D eigenvalue weighted by molar-refractivity contribution is 5.72. The van der Waals surface area contributed by atoms with Crippen LogP contribution in [-0.2, 0) is 9.63 Å². The molecule has 3 heteroatoms. The van der Waals surface area contributed by atoms with Crippen LogP contribution in [-0.4, -0.2) is 24.1 Å². The van der Waals surface area contributed by atoms with E-state index in [0.29, 0.717) is 13.1 Å². The molecule has 3 nitrogen and oxygen atoms in total. The van der Waals surface area contributed by atoms with E-state index in [4.69, 9.17) is 4.84 Å². The van der Waals surface area contributed by atoms with Crippen molar-refractivity contribution in [3.8, 4) is 11.8 Å². The maximum Gasteiger partial charge on any atom is 0.336 e. The Morgan fingerprint density at radius 3 is 2.31 bits per heavy atom. The van der Waals surface area contributed by atoms with Crippen molar-refractivity contribution in [2.45, 2.75) is 33.6 Å². The van der Waals surface area contributed by atoms with Gasteiger partial charge in [-0.15, -0.1) is 11.0 Å². The SMILES string of the molecule is CCC#CCC(=O)ON(CC)CC. The summed E-state index contributed by atoms with van der Waals surface area (Å²) in [6.07, 6.45) is 0.961. The Morgan fingerprint density at radius 2 is 1.85 bits per heavy atom. The number of hydrogen-bond acceptors (Lipinski definition) is 3. The molecule has 0 bridgehead atoms. The maximum absolute atomic E-state index is 11.1. The third-order valence-corrected chi connectivity index (χ3v) is 1.47. The van der Waals surface area contributed by atoms with Crippen molar-refractivity contribution >= 4 is 5.97 Å². The van der Waals surface area contributed by atoms with Crippen molar-refractivity contribution in [2.75, 3.05) is 13.1 Å². The van der Waals surface area contributed by atoms with Crippen LogP contribution in [0.2, 0.25) is 0 Å². The molecule has 0 atom stereocenters. The summed E-state index contributed by atoms with van der Waals surface area (Å²) in [7, 11) is 0. The molecule has 0 aliphatic carbocycles. The minimum absolute atomic E-state index is 0.185. The summed E-state index contributed by atoms with van der Waals surface area (Å²) in [5.41, 5.74) is 0. The van der Waals surface area contributed by atoms with Gasteiger partial charge in [-0.25, -0.2) is 4.79 Å². The monoisotopic (exact) mass is 183 g/mol. The van der Waals surface area contributed by atoms with Crippen molar-refractivity contribution in [2.24, 2.45) is 0 Å². The first-order chi connectivity index (χ1) is 6.24. The zero-order valence-corrected chi connectivity index (χ0v) is 8.59. The van der Waals surface area contributed by atoms with Crippen LogP contribution < -0.4 is 0 Å². The van der Waals surface area contributed by atoms with Gasteiger partial charge < -0.3 is 4.84 Å². The molecule has 0 spiro atoms. The Bertz CT molecular complexity index is 199. The Morgan fingerprint density at radius 1 is 1.23 bits per heavy atom. The second kappa shape index (κ2) is 7.63. The van der Waals surface area contributed by atoms with E-state index < -0.39 is 0 Å². The number of rotatable bonds is 4. The Balaban J connectivity index is 3.72. The van der Waals surface area contributed by atoms with E-state index in [1.54, 1.807) is 5.06 Å². The van der Waals surface area contributed by atoms with E-state index in [-0.39, 0.29) is 12.4 Å². The van der Waals surface area contributed by atoms with Gasteiger partial charge in [0, 0.05) is 19.5 Å². The fourth-order valence-corrected chi connectivity index (χ4v) is 0.789. The topological polar surface area (TPSA) is 29.5 Å². The molecule has 0 fully saturated rings. The smallest absolute Gasteiger partial charge is 0.336 e. The minimum atomic E-state index is -0.273. The Labute approximate surface area is 80.0 Å². The molecule has 0 N–H and O–H groups in total. The number of carbonyl (C=O) groups is 1. The first-order valence-electron chi connectivity index (χ1n) is 4.66. The zero-order chi connectivity index (χ0) is 10.1. The zero-order valence-electron chi connectivity index (χ0n) is 8.59. The van der Waals surface area contributed by atoms with Crippen LogP contribution in [0.15, 0.2) is 0 Å². The van der Waals surface area contributed by atoms with Gasteiger partial charge in [0.15, 0.2) is 0 Å². The number of nitrogens with zero attached hydrogens (tertiary/aromatic N) is 1. The molecule has 13 heavy (non-hydrogen) atoms. The van der Waals surface area contributed by atoms with E-state index in [1.807, 2.05) is 20.8 Å². The van der Waals surface area contributed by atoms with E-state index in [1.165, 1.54) is 0 Å². The summed E-state index contributed by atoms with van der Waals surface area (Å²) in [6.45, 7) is 7.25. The molecule has 0 saturated carbocycles. The van der Waals surface area contributed by atoms with Crippen LogP contribution in [0.25, 0.3) is 0 Å². The highest BCUT2D eigenvalue weighted by Crippen LogP contribution is 1.92.